The Kier molecular flexibility index (Phi) is 6.08. The highest BCUT2D eigenvalue weighted by molar-refractivity contribution is 7.89. The summed E-state index contributed by atoms with van der Waals surface area (Å²) >= 11 is 5.90. The summed E-state index contributed by atoms with van der Waals surface area (Å²) in [5, 5.41) is 4.86. The summed E-state index contributed by atoms with van der Waals surface area (Å²) < 4.78 is 42.2. The van der Waals surface area contributed by atoms with Gasteiger partial charge in [-0.25, -0.2) is 22.2 Å². The molecule has 3 aromatic rings. The lowest BCUT2D eigenvalue weighted by atomic mass is 10.1. The van der Waals surface area contributed by atoms with E-state index in [1.54, 1.807) is 27.9 Å². The molecule has 0 unspecified atom stereocenters. The Morgan fingerprint density at radius 3 is 2.35 bits per heavy atom. The molecule has 0 saturated carbocycles. The molecule has 0 spiro atoms. The maximum Gasteiger partial charge on any atom is 0.257 e. The third-order valence-electron chi connectivity index (χ3n) is 5.15. The Hall–Kier alpha value is -2.75. The molecule has 1 fully saturated rings. The summed E-state index contributed by atoms with van der Waals surface area (Å²) in [5.74, 6) is -0.648. The van der Waals surface area contributed by atoms with E-state index in [1.165, 1.54) is 18.3 Å². The summed E-state index contributed by atoms with van der Waals surface area (Å²) in [6, 6.07) is 11.5. The summed E-state index contributed by atoms with van der Waals surface area (Å²) in [4.78, 5) is 14.5. The van der Waals surface area contributed by atoms with Gasteiger partial charge in [0, 0.05) is 30.4 Å². The molecule has 162 valence electrons. The van der Waals surface area contributed by atoms with Gasteiger partial charge in [-0.05, 0) is 61.4 Å². The number of nitrogens with zero attached hydrogens (tertiary/aromatic N) is 3. The van der Waals surface area contributed by atoms with Crippen molar-refractivity contribution in [1.29, 1.82) is 0 Å². The van der Waals surface area contributed by atoms with Crippen LogP contribution in [0, 0.1) is 5.82 Å². The number of hydrogen-bond donors (Lipinski definition) is 1. The van der Waals surface area contributed by atoms with Crippen LogP contribution in [0.15, 0.2) is 65.8 Å². The van der Waals surface area contributed by atoms with Gasteiger partial charge in [-0.2, -0.15) is 5.10 Å². The second-order valence-corrected chi connectivity index (χ2v) is 9.44. The minimum atomic E-state index is -3.74. The first-order valence-electron chi connectivity index (χ1n) is 9.69. The van der Waals surface area contributed by atoms with Crippen LogP contribution in [0.1, 0.15) is 23.2 Å². The number of rotatable bonds is 5. The number of benzene rings is 2. The van der Waals surface area contributed by atoms with Crippen LogP contribution >= 0.6 is 11.6 Å². The lowest BCUT2D eigenvalue weighted by Gasteiger charge is -2.32. The lowest BCUT2D eigenvalue weighted by Crippen LogP contribution is -2.46. The van der Waals surface area contributed by atoms with Gasteiger partial charge >= 0.3 is 0 Å². The van der Waals surface area contributed by atoms with E-state index in [9.17, 15) is 17.6 Å². The highest BCUT2D eigenvalue weighted by Crippen LogP contribution is 2.18. The van der Waals surface area contributed by atoms with Gasteiger partial charge in [0.1, 0.15) is 5.82 Å². The van der Waals surface area contributed by atoms with Gasteiger partial charge in [0.05, 0.1) is 22.3 Å². The van der Waals surface area contributed by atoms with Crippen molar-refractivity contribution in [3.8, 4) is 5.69 Å². The van der Waals surface area contributed by atoms with E-state index in [-0.39, 0.29) is 16.8 Å². The minimum absolute atomic E-state index is 0.0158. The molecule has 0 bridgehead atoms. The molecule has 1 aromatic heterocycles. The van der Waals surface area contributed by atoms with E-state index in [0.717, 1.165) is 17.8 Å². The number of hydrogen-bond acceptors (Lipinski definition) is 4. The third-order valence-corrected chi connectivity index (χ3v) is 6.94. The van der Waals surface area contributed by atoms with Gasteiger partial charge < -0.3 is 4.90 Å². The number of nitrogens with one attached hydrogen (secondary N) is 1. The van der Waals surface area contributed by atoms with Gasteiger partial charge in [0.2, 0.25) is 10.0 Å². The second-order valence-electron chi connectivity index (χ2n) is 7.29. The molecule has 0 radical (unpaired) electrons. The fourth-order valence-electron chi connectivity index (χ4n) is 3.45. The van der Waals surface area contributed by atoms with E-state index in [0.29, 0.717) is 36.5 Å². The van der Waals surface area contributed by atoms with Crippen molar-refractivity contribution in [3.63, 3.8) is 0 Å². The molecule has 0 atom stereocenters. The monoisotopic (exact) mass is 462 g/mol. The predicted molar refractivity (Wildman–Crippen MR) is 114 cm³/mol. The molecule has 1 amide bonds. The highest BCUT2D eigenvalue weighted by Gasteiger charge is 2.27. The maximum atomic E-state index is 13.0. The molecule has 2 aromatic carbocycles. The largest absolute Gasteiger partial charge is 0.338 e. The normalized spacial score (nSPS) is 15.2. The number of carbonyl (C=O) groups excluding carboxylic acids is 1. The lowest BCUT2D eigenvalue weighted by molar-refractivity contribution is 0.0711. The van der Waals surface area contributed by atoms with Crippen molar-refractivity contribution in [3.05, 3.63) is 77.3 Å². The molecule has 31 heavy (non-hydrogen) atoms. The van der Waals surface area contributed by atoms with Crippen LogP contribution in [0.5, 0.6) is 0 Å². The molecule has 1 aliphatic heterocycles. The molecule has 7 nitrogen and oxygen atoms in total. The molecule has 4 rings (SSSR count). The van der Waals surface area contributed by atoms with Gasteiger partial charge in [-0.1, -0.05) is 11.6 Å². The number of sulfonamides is 1. The number of amides is 1. The van der Waals surface area contributed by atoms with Crippen molar-refractivity contribution in [1.82, 2.24) is 19.4 Å². The standard InChI is InChI=1S/C21H20ClFN4O3S/c22-16-1-5-19(6-2-16)27-14-15(13-24-27)21(28)26-11-9-18(10-12-26)25-31(29,30)20-7-3-17(23)4-8-20/h1-8,13-14,18,25H,9-12H2. The smallest absolute Gasteiger partial charge is 0.257 e. The number of likely N-dealkylation sites (tertiary alicyclic amines) is 1. The van der Waals surface area contributed by atoms with Crippen LogP contribution in [0.2, 0.25) is 5.02 Å². The van der Waals surface area contributed by atoms with Crippen LogP contribution in [-0.2, 0) is 10.0 Å². The number of halogens is 2. The molecular formula is C21H20ClFN4O3S. The molecular weight excluding hydrogens is 443 g/mol. The zero-order valence-electron chi connectivity index (χ0n) is 16.4. The van der Waals surface area contributed by atoms with E-state index in [4.69, 9.17) is 11.6 Å². The van der Waals surface area contributed by atoms with Crippen LogP contribution in [0.4, 0.5) is 4.39 Å². The van der Waals surface area contributed by atoms with E-state index >= 15 is 0 Å². The number of aromatic nitrogens is 2. The maximum absolute atomic E-state index is 13.0. The van der Waals surface area contributed by atoms with Crippen LogP contribution < -0.4 is 4.72 Å². The highest BCUT2D eigenvalue weighted by atomic mass is 35.5. The van der Waals surface area contributed by atoms with Crippen LogP contribution in [0.25, 0.3) is 5.69 Å². The molecule has 1 aliphatic rings. The Balaban J connectivity index is 1.36. The van der Waals surface area contributed by atoms with Crippen molar-refractivity contribution < 1.29 is 17.6 Å². The van der Waals surface area contributed by atoms with Gasteiger partial charge in [-0.15, -0.1) is 0 Å². The molecule has 10 heteroatoms. The molecule has 0 aliphatic carbocycles. The molecule has 1 saturated heterocycles. The number of piperidine rings is 1. The second kappa shape index (κ2) is 8.78. The van der Waals surface area contributed by atoms with Crippen molar-refractivity contribution in [2.75, 3.05) is 13.1 Å². The van der Waals surface area contributed by atoms with Crippen LogP contribution in [-0.4, -0.2) is 48.1 Å². The average Bonchev–Trinajstić information content (AvgIpc) is 3.24. The number of carbonyl (C=O) groups is 1. The fraction of sp³-hybridized carbons (Fsp3) is 0.238. The van der Waals surface area contributed by atoms with Gasteiger partial charge in [0.15, 0.2) is 0 Å². The Bertz CT molecular complexity index is 1170. The van der Waals surface area contributed by atoms with Crippen LogP contribution in [0.3, 0.4) is 0 Å². The SMILES string of the molecule is O=C(c1cnn(-c2ccc(Cl)cc2)c1)N1CCC(NS(=O)(=O)c2ccc(F)cc2)CC1. The van der Waals surface area contributed by atoms with Crippen molar-refractivity contribution in [2.24, 2.45) is 0 Å². The Morgan fingerprint density at radius 1 is 1.06 bits per heavy atom. The van der Waals surface area contributed by atoms with Crippen molar-refractivity contribution >= 4 is 27.5 Å². The van der Waals surface area contributed by atoms with E-state index < -0.39 is 15.8 Å². The molecule has 1 N–H and O–H groups in total. The zero-order chi connectivity index (χ0) is 22.0. The van der Waals surface area contributed by atoms with Gasteiger partial charge in [-0.3, -0.25) is 4.79 Å². The van der Waals surface area contributed by atoms with Crippen molar-refractivity contribution in [2.45, 2.75) is 23.8 Å². The summed E-state index contributed by atoms with van der Waals surface area (Å²) in [7, 11) is -3.74. The first-order valence-corrected chi connectivity index (χ1v) is 11.6. The Labute approximate surface area is 184 Å². The summed E-state index contributed by atoms with van der Waals surface area (Å²) in [6.07, 6.45) is 4.14. The van der Waals surface area contributed by atoms with E-state index in [2.05, 4.69) is 9.82 Å². The fourth-order valence-corrected chi connectivity index (χ4v) is 4.88. The first kappa shape index (κ1) is 21.5. The topological polar surface area (TPSA) is 84.3 Å². The average molecular weight is 463 g/mol. The minimum Gasteiger partial charge on any atom is -0.338 e. The summed E-state index contributed by atoms with van der Waals surface area (Å²) in [5.41, 5.74) is 1.25. The first-order chi connectivity index (χ1) is 14.8. The summed E-state index contributed by atoms with van der Waals surface area (Å²) in [6.45, 7) is 0.836. The Morgan fingerprint density at radius 2 is 1.71 bits per heavy atom. The predicted octanol–water partition coefficient (Wildman–Crippen LogP) is 3.25. The van der Waals surface area contributed by atoms with Gasteiger partial charge in [0.25, 0.3) is 5.91 Å². The third kappa shape index (κ3) is 4.95. The zero-order valence-corrected chi connectivity index (χ0v) is 18.0. The van der Waals surface area contributed by atoms with E-state index in [1.807, 2.05) is 12.1 Å². The molecule has 2 heterocycles. The quantitative estimate of drug-likeness (QED) is 0.630.